The highest BCUT2D eigenvalue weighted by Crippen LogP contribution is 2.20. The Kier molecular flexibility index (Phi) is 11.1. The maximum absolute atomic E-state index is 11.6. The first kappa shape index (κ1) is 20.2. The zero-order chi connectivity index (χ0) is 16.9. The standard InChI is InChI=1S/C18H37N3O2/c1-16(2)21(3)14-8-7-12-19-18(22)20-13-9-15-23-17-10-5-4-6-11-17/h16-17H,4-15H2,1-3H3,(H2,19,20,22). The van der Waals surface area contributed by atoms with Gasteiger partial charge >= 0.3 is 6.03 Å². The van der Waals surface area contributed by atoms with Crippen LogP contribution in [0, 0.1) is 0 Å². The summed E-state index contributed by atoms with van der Waals surface area (Å²) in [5.74, 6) is 0. The first-order valence-corrected chi connectivity index (χ1v) is 9.43. The molecule has 1 saturated carbocycles. The van der Waals surface area contributed by atoms with Gasteiger partial charge in [0.15, 0.2) is 0 Å². The quantitative estimate of drug-likeness (QED) is 0.573. The Hall–Kier alpha value is -0.810. The summed E-state index contributed by atoms with van der Waals surface area (Å²) in [4.78, 5) is 14.0. The third kappa shape index (κ3) is 10.6. The third-order valence-electron chi connectivity index (χ3n) is 4.62. The van der Waals surface area contributed by atoms with Crippen molar-refractivity contribution in [3.8, 4) is 0 Å². The zero-order valence-corrected chi connectivity index (χ0v) is 15.4. The van der Waals surface area contributed by atoms with E-state index in [1.807, 2.05) is 0 Å². The van der Waals surface area contributed by atoms with Crippen LogP contribution in [0.25, 0.3) is 0 Å². The second-order valence-corrected chi connectivity index (χ2v) is 6.95. The van der Waals surface area contributed by atoms with Crippen LogP contribution in [0.4, 0.5) is 4.79 Å². The van der Waals surface area contributed by atoms with Crippen LogP contribution in [-0.2, 0) is 4.74 Å². The molecule has 5 nitrogen and oxygen atoms in total. The molecule has 0 aromatic carbocycles. The molecule has 0 unspecified atom stereocenters. The molecule has 0 aromatic heterocycles. The molecule has 0 radical (unpaired) electrons. The van der Waals surface area contributed by atoms with E-state index in [2.05, 4.69) is 36.4 Å². The normalized spacial score (nSPS) is 16.0. The second kappa shape index (κ2) is 12.6. The third-order valence-corrected chi connectivity index (χ3v) is 4.62. The van der Waals surface area contributed by atoms with E-state index >= 15 is 0 Å². The SMILES string of the molecule is CC(C)N(C)CCCCNC(=O)NCCCOC1CCCCC1. The highest BCUT2D eigenvalue weighted by molar-refractivity contribution is 5.73. The van der Waals surface area contributed by atoms with E-state index in [1.54, 1.807) is 0 Å². The minimum absolute atomic E-state index is 0.0557. The molecule has 136 valence electrons. The maximum atomic E-state index is 11.6. The fourth-order valence-electron chi connectivity index (χ4n) is 2.76. The van der Waals surface area contributed by atoms with E-state index in [-0.39, 0.29) is 6.03 Å². The lowest BCUT2D eigenvalue weighted by atomic mass is 9.98. The molecule has 23 heavy (non-hydrogen) atoms. The van der Waals surface area contributed by atoms with Crippen molar-refractivity contribution in [1.29, 1.82) is 0 Å². The zero-order valence-electron chi connectivity index (χ0n) is 15.4. The van der Waals surface area contributed by atoms with Gasteiger partial charge in [0.05, 0.1) is 6.10 Å². The summed E-state index contributed by atoms with van der Waals surface area (Å²) in [6.07, 6.45) is 9.87. The molecule has 0 bridgehead atoms. The van der Waals surface area contributed by atoms with Gasteiger partial charge in [-0.3, -0.25) is 0 Å². The molecule has 2 amide bonds. The summed E-state index contributed by atoms with van der Waals surface area (Å²) in [5.41, 5.74) is 0. The number of rotatable bonds is 11. The Bertz CT molecular complexity index is 305. The lowest BCUT2D eigenvalue weighted by Crippen LogP contribution is -2.37. The molecule has 1 aliphatic carbocycles. The van der Waals surface area contributed by atoms with Crippen molar-refractivity contribution in [1.82, 2.24) is 15.5 Å². The van der Waals surface area contributed by atoms with Crippen molar-refractivity contribution in [2.45, 2.75) is 77.4 Å². The van der Waals surface area contributed by atoms with E-state index in [0.717, 1.165) is 39.0 Å². The summed E-state index contributed by atoms with van der Waals surface area (Å²) in [5, 5.41) is 5.81. The lowest BCUT2D eigenvalue weighted by molar-refractivity contribution is 0.0275. The number of carbonyl (C=O) groups is 1. The monoisotopic (exact) mass is 327 g/mol. The number of unbranched alkanes of at least 4 members (excludes halogenated alkanes) is 1. The van der Waals surface area contributed by atoms with Crippen LogP contribution in [0.1, 0.15) is 65.2 Å². The summed E-state index contributed by atoms with van der Waals surface area (Å²) < 4.78 is 5.84. The molecule has 0 saturated heterocycles. The van der Waals surface area contributed by atoms with Crippen LogP contribution in [0.15, 0.2) is 0 Å². The molecular formula is C18H37N3O2. The van der Waals surface area contributed by atoms with Gasteiger partial charge in [-0.05, 0) is 59.5 Å². The van der Waals surface area contributed by atoms with E-state index in [1.165, 1.54) is 32.1 Å². The van der Waals surface area contributed by atoms with Gasteiger partial charge in [0, 0.05) is 25.7 Å². The van der Waals surface area contributed by atoms with Crippen LogP contribution in [0.3, 0.4) is 0 Å². The molecule has 0 spiro atoms. The van der Waals surface area contributed by atoms with Gasteiger partial charge in [0.2, 0.25) is 0 Å². The van der Waals surface area contributed by atoms with Gasteiger partial charge in [-0.15, -0.1) is 0 Å². The number of hydrogen-bond donors (Lipinski definition) is 2. The van der Waals surface area contributed by atoms with E-state index in [0.29, 0.717) is 18.7 Å². The van der Waals surface area contributed by atoms with Crippen molar-refractivity contribution in [2.75, 3.05) is 33.3 Å². The van der Waals surface area contributed by atoms with E-state index < -0.39 is 0 Å². The highest BCUT2D eigenvalue weighted by Gasteiger charge is 2.13. The van der Waals surface area contributed by atoms with Crippen molar-refractivity contribution in [2.24, 2.45) is 0 Å². The van der Waals surface area contributed by atoms with Crippen molar-refractivity contribution in [3.05, 3.63) is 0 Å². The topological polar surface area (TPSA) is 53.6 Å². The number of urea groups is 1. The Morgan fingerprint density at radius 1 is 1.09 bits per heavy atom. The smallest absolute Gasteiger partial charge is 0.314 e. The second-order valence-electron chi connectivity index (χ2n) is 6.95. The molecule has 5 heteroatoms. The average molecular weight is 328 g/mol. The van der Waals surface area contributed by atoms with Gasteiger partial charge in [-0.25, -0.2) is 4.79 Å². The molecule has 1 rings (SSSR count). The van der Waals surface area contributed by atoms with Crippen molar-refractivity contribution >= 4 is 6.03 Å². The molecule has 0 aliphatic heterocycles. The minimum Gasteiger partial charge on any atom is -0.378 e. The van der Waals surface area contributed by atoms with E-state index in [4.69, 9.17) is 4.74 Å². The van der Waals surface area contributed by atoms with Crippen molar-refractivity contribution < 1.29 is 9.53 Å². The molecule has 1 fully saturated rings. The number of nitrogens with one attached hydrogen (secondary N) is 2. The van der Waals surface area contributed by atoms with E-state index in [9.17, 15) is 4.79 Å². The molecule has 0 heterocycles. The molecular weight excluding hydrogens is 290 g/mol. The lowest BCUT2D eigenvalue weighted by Gasteiger charge is -2.22. The predicted molar refractivity (Wildman–Crippen MR) is 95.8 cm³/mol. The number of amides is 2. The molecule has 1 aliphatic rings. The summed E-state index contributed by atoms with van der Waals surface area (Å²) in [6, 6.07) is 0.530. The number of ether oxygens (including phenoxy) is 1. The summed E-state index contributed by atoms with van der Waals surface area (Å²) in [6.45, 7) is 7.67. The average Bonchev–Trinajstić information content (AvgIpc) is 2.54. The Balaban J connectivity index is 1.86. The van der Waals surface area contributed by atoms with Crippen molar-refractivity contribution in [3.63, 3.8) is 0 Å². The van der Waals surface area contributed by atoms with Crippen LogP contribution in [0.5, 0.6) is 0 Å². The van der Waals surface area contributed by atoms with Crippen LogP contribution in [-0.4, -0.2) is 56.4 Å². The van der Waals surface area contributed by atoms with Gasteiger partial charge < -0.3 is 20.3 Å². The predicted octanol–water partition coefficient (Wildman–Crippen LogP) is 3.15. The molecule has 0 atom stereocenters. The maximum Gasteiger partial charge on any atom is 0.314 e. The number of nitrogens with zero attached hydrogens (tertiary/aromatic N) is 1. The van der Waals surface area contributed by atoms with Gasteiger partial charge in [0.1, 0.15) is 0 Å². The van der Waals surface area contributed by atoms with Crippen LogP contribution in [0.2, 0.25) is 0 Å². The molecule has 0 aromatic rings. The largest absolute Gasteiger partial charge is 0.378 e. The Labute approximate surface area is 142 Å². The Morgan fingerprint density at radius 2 is 1.74 bits per heavy atom. The Morgan fingerprint density at radius 3 is 2.39 bits per heavy atom. The fourth-order valence-corrected chi connectivity index (χ4v) is 2.76. The van der Waals surface area contributed by atoms with Crippen LogP contribution >= 0.6 is 0 Å². The number of carbonyl (C=O) groups excluding carboxylic acids is 1. The summed E-state index contributed by atoms with van der Waals surface area (Å²) in [7, 11) is 2.14. The first-order chi connectivity index (χ1) is 11.1. The summed E-state index contributed by atoms with van der Waals surface area (Å²) >= 11 is 0. The van der Waals surface area contributed by atoms with Gasteiger partial charge in [0.25, 0.3) is 0 Å². The van der Waals surface area contributed by atoms with Gasteiger partial charge in [-0.1, -0.05) is 19.3 Å². The molecule has 2 N–H and O–H groups in total. The highest BCUT2D eigenvalue weighted by atomic mass is 16.5. The number of hydrogen-bond acceptors (Lipinski definition) is 3. The van der Waals surface area contributed by atoms with Crippen LogP contribution < -0.4 is 10.6 Å². The fraction of sp³-hybridized carbons (Fsp3) is 0.944. The minimum atomic E-state index is -0.0557. The van der Waals surface area contributed by atoms with Gasteiger partial charge in [-0.2, -0.15) is 0 Å². The first-order valence-electron chi connectivity index (χ1n) is 9.43.